The molecule has 3 rings (SSSR count). The minimum absolute atomic E-state index is 0.263. The predicted octanol–water partition coefficient (Wildman–Crippen LogP) is 6.19. The second-order valence-corrected chi connectivity index (χ2v) is 9.36. The van der Waals surface area contributed by atoms with Crippen molar-refractivity contribution >= 4 is 29.2 Å². The molecule has 0 atom stereocenters. The highest BCUT2D eigenvalue weighted by atomic mass is 32.2. The molecule has 0 unspecified atom stereocenters. The third-order valence-corrected chi connectivity index (χ3v) is 6.85. The van der Waals surface area contributed by atoms with E-state index in [1.165, 1.54) is 11.8 Å². The van der Waals surface area contributed by atoms with Crippen molar-refractivity contribution in [2.45, 2.75) is 23.1 Å². The number of anilines is 1. The predicted molar refractivity (Wildman–Crippen MR) is 134 cm³/mol. The lowest BCUT2D eigenvalue weighted by molar-refractivity contribution is 0.473. The van der Waals surface area contributed by atoms with Crippen molar-refractivity contribution in [3.05, 3.63) is 88.9 Å². The van der Waals surface area contributed by atoms with Gasteiger partial charge in [-0.3, -0.25) is 0 Å². The van der Waals surface area contributed by atoms with E-state index in [2.05, 4.69) is 22.9 Å². The Balaban J connectivity index is 1.63. The largest absolute Gasteiger partial charge is 0.508 e. The van der Waals surface area contributed by atoms with Gasteiger partial charge in [-0.15, -0.1) is 0 Å². The van der Waals surface area contributed by atoms with Crippen LogP contribution in [0.2, 0.25) is 0 Å². The fourth-order valence-electron chi connectivity index (χ4n) is 3.10. The van der Waals surface area contributed by atoms with Gasteiger partial charge in [-0.1, -0.05) is 54.4 Å². The van der Waals surface area contributed by atoms with E-state index in [-0.39, 0.29) is 5.75 Å². The maximum absolute atomic E-state index is 9.81. The van der Waals surface area contributed by atoms with Crippen molar-refractivity contribution < 1.29 is 10.2 Å². The van der Waals surface area contributed by atoms with E-state index in [1.54, 1.807) is 30.0 Å². The van der Waals surface area contributed by atoms with Gasteiger partial charge in [0.15, 0.2) is 0 Å². The molecule has 0 bridgehead atoms. The van der Waals surface area contributed by atoms with Crippen LogP contribution in [-0.2, 0) is 0 Å². The van der Waals surface area contributed by atoms with Gasteiger partial charge >= 0.3 is 0 Å². The molecule has 0 radical (unpaired) electrons. The van der Waals surface area contributed by atoms with Gasteiger partial charge in [0.2, 0.25) is 0 Å². The number of nitrogens with zero attached hydrogens (tertiary/aromatic N) is 1. The number of hydrogen-bond donors (Lipinski definition) is 3. The van der Waals surface area contributed by atoms with Gasteiger partial charge in [-0.05, 0) is 75.0 Å². The number of nitrogens with one attached hydrogen (secondary N) is 1. The Morgan fingerprint density at radius 2 is 1.90 bits per heavy atom. The van der Waals surface area contributed by atoms with Crippen LogP contribution < -0.4 is 10.2 Å². The minimum Gasteiger partial charge on any atom is -0.508 e. The van der Waals surface area contributed by atoms with Gasteiger partial charge in [0.1, 0.15) is 11.5 Å². The molecular formula is C25H28N2O2S2. The Kier molecular flexibility index (Phi) is 8.35. The lowest BCUT2D eigenvalue weighted by Crippen LogP contribution is -2.22. The van der Waals surface area contributed by atoms with Crippen molar-refractivity contribution in [2.75, 3.05) is 25.0 Å². The molecule has 0 amide bonds. The van der Waals surface area contributed by atoms with Crippen LogP contribution in [-0.4, -0.2) is 30.4 Å². The summed E-state index contributed by atoms with van der Waals surface area (Å²) in [4.78, 5) is 5.27. The summed E-state index contributed by atoms with van der Waals surface area (Å²) in [6, 6.07) is 10.9. The molecule has 0 saturated heterocycles. The standard InChI is InChI=1S/C25H28N2O2S2/c1-18-10-11-20(28)16-23(18)30-19(2)8-5-4-6-9-25-27(15-7-14-26-3)22-13-12-21(29)17-24(22)31-25/h4-6,8-13,16-17,26,28-29H,2,7,14-15H2,1,3H3/b6-4+,8-5+,25-9-. The van der Waals surface area contributed by atoms with Crippen LogP contribution in [0.15, 0.2) is 93.1 Å². The summed E-state index contributed by atoms with van der Waals surface area (Å²) < 4.78 is 0. The van der Waals surface area contributed by atoms with Crippen LogP contribution in [0.25, 0.3) is 0 Å². The number of phenolic OH excluding ortho intramolecular Hbond substituents is 2. The highest BCUT2D eigenvalue weighted by Crippen LogP contribution is 2.47. The lowest BCUT2D eigenvalue weighted by Gasteiger charge is -2.20. The maximum atomic E-state index is 9.81. The summed E-state index contributed by atoms with van der Waals surface area (Å²) in [5.41, 5.74) is 2.25. The third-order valence-electron chi connectivity index (χ3n) is 4.68. The van der Waals surface area contributed by atoms with E-state index in [4.69, 9.17) is 0 Å². The first-order valence-electron chi connectivity index (χ1n) is 10.1. The Hall–Kier alpha value is -2.54. The number of benzene rings is 2. The second kappa shape index (κ2) is 11.2. The SMILES string of the molecule is C=C(/C=C/C=C/C=C1\Sc2cc(O)ccc2N1CCCNC)Sc1cc(O)ccc1C. The molecular weight excluding hydrogens is 424 g/mol. The van der Waals surface area contributed by atoms with E-state index < -0.39 is 0 Å². The minimum atomic E-state index is 0.263. The summed E-state index contributed by atoms with van der Waals surface area (Å²) in [5.74, 6) is 0.554. The van der Waals surface area contributed by atoms with Gasteiger partial charge in [0.25, 0.3) is 0 Å². The Morgan fingerprint density at radius 3 is 2.71 bits per heavy atom. The quantitative estimate of drug-likeness (QED) is 0.240. The van der Waals surface area contributed by atoms with Crippen molar-refractivity contribution in [1.82, 2.24) is 5.32 Å². The van der Waals surface area contributed by atoms with E-state index in [1.807, 2.05) is 56.5 Å². The molecule has 0 aromatic heterocycles. The maximum Gasteiger partial charge on any atom is 0.116 e. The zero-order valence-corrected chi connectivity index (χ0v) is 19.5. The summed E-state index contributed by atoms with van der Waals surface area (Å²) in [6.45, 7) is 7.98. The Labute approximate surface area is 193 Å². The van der Waals surface area contributed by atoms with E-state index in [9.17, 15) is 10.2 Å². The second-order valence-electron chi connectivity index (χ2n) is 7.13. The van der Waals surface area contributed by atoms with Gasteiger partial charge < -0.3 is 20.4 Å². The fraction of sp³-hybridized carbons (Fsp3) is 0.200. The first-order chi connectivity index (χ1) is 15.0. The molecule has 2 aromatic rings. The number of rotatable bonds is 9. The van der Waals surface area contributed by atoms with Crippen molar-refractivity contribution in [3.63, 3.8) is 0 Å². The van der Waals surface area contributed by atoms with Gasteiger partial charge in [-0.25, -0.2) is 0 Å². The van der Waals surface area contributed by atoms with Crippen molar-refractivity contribution in [2.24, 2.45) is 0 Å². The third kappa shape index (κ3) is 6.47. The highest BCUT2D eigenvalue weighted by molar-refractivity contribution is 8.03. The molecule has 1 heterocycles. The van der Waals surface area contributed by atoms with Gasteiger partial charge in [0, 0.05) is 21.2 Å². The number of phenols is 2. The zero-order valence-electron chi connectivity index (χ0n) is 17.8. The number of thioether (sulfide) groups is 2. The van der Waals surface area contributed by atoms with E-state index in [0.717, 1.165) is 50.5 Å². The normalized spacial score (nSPS) is 14.8. The molecule has 3 N–H and O–H groups in total. The Bertz CT molecular complexity index is 1030. The van der Waals surface area contributed by atoms with Crippen molar-refractivity contribution in [3.8, 4) is 11.5 Å². The fourth-order valence-corrected chi connectivity index (χ4v) is 5.07. The highest BCUT2D eigenvalue weighted by Gasteiger charge is 2.24. The molecule has 1 aliphatic heterocycles. The zero-order chi connectivity index (χ0) is 22.2. The van der Waals surface area contributed by atoms with Gasteiger partial charge in [0.05, 0.1) is 10.7 Å². The van der Waals surface area contributed by atoms with Crippen LogP contribution in [0.5, 0.6) is 11.5 Å². The number of aromatic hydroxyl groups is 2. The molecule has 0 aliphatic carbocycles. The molecule has 31 heavy (non-hydrogen) atoms. The topological polar surface area (TPSA) is 55.7 Å². The molecule has 2 aromatic carbocycles. The van der Waals surface area contributed by atoms with E-state index >= 15 is 0 Å². The van der Waals surface area contributed by atoms with E-state index in [0.29, 0.717) is 5.75 Å². The first kappa shape index (κ1) is 23.1. The van der Waals surface area contributed by atoms with Crippen LogP contribution in [0.3, 0.4) is 0 Å². The average molecular weight is 453 g/mol. The molecule has 1 aliphatic rings. The summed E-state index contributed by atoms with van der Waals surface area (Å²) in [5, 5.41) is 23.8. The Morgan fingerprint density at radius 1 is 1.13 bits per heavy atom. The molecule has 4 nitrogen and oxygen atoms in total. The molecule has 0 fully saturated rings. The van der Waals surface area contributed by atoms with Crippen LogP contribution in [0.4, 0.5) is 5.69 Å². The molecule has 0 saturated carbocycles. The summed E-state index contributed by atoms with van der Waals surface area (Å²) in [6.07, 6.45) is 11.1. The number of allylic oxidation sites excluding steroid dienone is 5. The summed E-state index contributed by atoms with van der Waals surface area (Å²) in [7, 11) is 1.96. The molecule has 6 heteroatoms. The van der Waals surface area contributed by atoms with Crippen LogP contribution in [0, 0.1) is 6.92 Å². The monoisotopic (exact) mass is 452 g/mol. The number of hydrogen-bond acceptors (Lipinski definition) is 6. The number of aryl methyl sites for hydroxylation is 1. The number of fused-ring (bicyclic) bond motifs is 1. The average Bonchev–Trinajstić information content (AvgIpc) is 3.07. The van der Waals surface area contributed by atoms with Crippen molar-refractivity contribution in [1.29, 1.82) is 0 Å². The molecule has 0 spiro atoms. The molecule has 162 valence electrons. The van der Waals surface area contributed by atoms with Gasteiger partial charge in [-0.2, -0.15) is 0 Å². The summed E-state index contributed by atoms with van der Waals surface area (Å²) >= 11 is 3.21. The van der Waals surface area contributed by atoms with Crippen LogP contribution >= 0.6 is 23.5 Å². The lowest BCUT2D eigenvalue weighted by atomic mass is 10.2. The van der Waals surface area contributed by atoms with Crippen LogP contribution in [0.1, 0.15) is 12.0 Å². The first-order valence-corrected chi connectivity index (χ1v) is 11.8. The smallest absolute Gasteiger partial charge is 0.116 e.